The summed E-state index contributed by atoms with van der Waals surface area (Å²) in [5.74, 6) is -0.415. The first-order chi connectivity index (χ1) is 10.9. The Bertz CT molecular complexity index is 715. The summed E-state index contributed by atoms with van der Waals surface area (Å²) >= 11 is 0. The third-order valence-electron chi connectivity index (χ3n) is 4.05. The molecule has 0 atom stereocenters. The molecule has 2 aromatic rings. The molecule has 0 unspecified atom stereocenters. The van der Waals surface area contributed by atoms with Crippen LogP contribution in [0.2, 0.25) is 0 Å². The van der Waals surface area contributed by atoms with Gasteiger partial charge in [-0.2, -0.15) is 0 Å². The first-order valence-electron chi connectivity index (χ1n) is 7.48. The van der Waals surface area contributed by atoms with Crippen molar-refractivity contribution < 1.29 is 22.3 Å². The molecule has 126 valence electrons. The van der Waals surface area contributed by atoms with Crippen LogP contribution in [-0.4, -0.2) is 41.6 Å². The Balaban J connectivity index is 1.55. The second-order valence-corrected chi connectivity index (χ2v) is 5.59. The maximum Gasteiger partial charge on any atom is 0.522 e. The summed E-state index contributed by atoms with van der Waals surface area (Å²) in [5.41, 5.74) is 1.27. The van der Waals surface area contributed by atoms with E-state index in [0.717, 1.165) is 5.52 Å². The number of halogens is 3. The lowest BCUT2D eigenvalue weighted by atomic mass is 10.1. The van der Waals surface area contributed by atoms with Gasteiger partial charge in [-0.1, -0.05) is 12.1 Å². The zero-order valence-corrected chi connectivity index (χ0v) is 12.4. The van der Waals surface area contributed by atoms with Gasteiger partial charge < -0.3 is 9.32 Å². The van der Waals surface area contributed by atoms with Gasteiger partial charge in [-0.05, 0) is 25.0 Å². The molecule has 0 radical (unpaired) electrons. The fraction of sp³-hybridized carbons (Fsp3) is 0.533. The Kier molecular flexibility index (Phi) is 4.45. The Morgan fingerprint density at radius 2 is 1.87 bits per heavy atom. The molecule has 0 N–H and O–H groups in total. The molecule has 0 bridgehead atoms. The van der Waals surface area contributed by atoms with Crippen molar-refractivity contribution in [2.75, 3.05) is 19.6 Å². The number of rotatable bonds is 4. The van der Waals surface area contributed by atoms with Crippen LogP contribution in [0.25, 0.3) is 11.1 Å². The molecule has 1 aromatic carbocycles. The maximum absolute atomic E-state index is 12.2. The molecular formula is C15H17F3N2O3. The summed E-state index contributed by atoms with van der Waals surface area (Å²) in [6.45, 7) is 2.07. The third kappa shape index (κ3) is 3.94. The second kappa shape index (κ2) is 6.37. The van der Waals surface area contributed by atoms with Crippen molar-refractivity contribution in [1.82, 2.24) is 9.47 Å². The standard InChI is InChI=1S/C15H17F3N2O3/c16-15(17,18)23-11-5-7-19(8-6-11)9-10-20-12-3-1-2-4-13(12)22-14(20)21/h1-4,11H,5-10H2. The quantitative estimate of drug-likeness (QED) is 0.865. The van der Waals surface area contributed by atoms with Crippen molar-refractivity contribution in [3.8, 4) is 0 Å². The number of aromatic nitrogens is 1. The average Bonchev–Trinajstić information content (AvgIpc) is 2.80. The molecule has 0 saturated carbocycles. The Morgan fingerprint density at radius 3 is 2.57 bits per heavy atom. The van der Waals surface area contributed by atoms with E-state index in [1.54, 1.807) is 16.7 Å². The highest BCUT2D eigenvalue weighted by Crippen LogP contribution is 2.24. The fourth-order valence-electron chi connectivity index (χ4n) is 2.91. The summed E-state index contributed by atoms with van der Waals surface area (Å²) in [7, 11) is 0. The monoisotopic (exact) mass is 330 g/mol. The minimum atomic E-state index is -4.57. The van der Waals surface area contributed by atoms with Crippen LogP contribution >= 0.6 is 0 Å². The van der Waals surface area contributed by atoms with Crippen LogP contribution in [0.4, 0.5) is 13.2 Å². The number of benzene rings is 1. The minimum absolute atomic E-state index is 0.334. The van der Waals surface area contributed by atoms with Crippen molar-refractivity contribution in [3.63, 3.8) is 0 Å². The van der Waals surface area contributed by atoms with Gasteiger partial charge in [-0.15, -0.1) is 13.2 Å². The molecule has 8 heteroatoms. The number of alkyl halides is 3. The number of hydrogen-bond donors (Lipinski definition) is 0. The van der Waals surface area contributed by atoms with Gasteiger partial charge in [0, 0.05) is 26.2 Å². The van der Waals surface area contributed by atoms with Crippen molar-refractivity contribution >= 4 is 11.1 Å². The van der Waals surface area contributed by atoms with Gasteiger partial charge in [0.25, 0.3) is 0 Å². The SMILES string of the molecule is O=c1oc2ccccc2n1CCN1CCC(OC(F)(F)F)CC1. The Labute approximate surface area is 130 Å². The van der Waals surface area contributed by atoms with E-state index in [1.807, 2.05) is 17.0 Å². The number of para-hydroxylation sites is 2. The first kappa shape index (κ1) is 16.1. The second-order valence-electron chi connectivity index (χ2n) is 5.59. The fourth-order valence-corrected chi connectivity index (χ4v) is 2.91. The molecule has 1 aliphatic rings. The Hall–Kier alpha value is -1.80. The van der Waals surface area contributed by atoms with Crippen LogP contribution < -0.4 is 5.76 Å². The summed E-state index contributed by atoms with van der Waals surface area (Å²) in [4.78, 5) is 13.9. The predicted molar refractivity (Wildman–Crippen MR) is 77.1 cm³/mol. The lowest BCUT2D eigenvalue weighted by Crippen LogP contribution is -2.40. The van der Waals surface area contributed by atoms with E-state index in [-0.39, 0.29) is 0 Å². The van der Waals surface area contributed by atoms with Gasteiger partial charge in [-0.3, -0.25) is 9.30 Å². The highest BCUT2D eigenvalue weighted by atomic mass is 19.4. The van der Waals surface area contributed by atoms with Crippen LogP contribution in [0, 0.1) is 0 Å². The van der Waals surface area contributed by atoms with Crippen LogP contribution in [0.5, 0.6) is 0 Å². The van der Waals surface area contributed by atoms with Gasteiger partial charge in [0.2, 0.25) is 0 Å². The normalized spacial score (nSPS) is 17.9. The number of ether oxygens (including phenoxy) is 1. The smallest absolute Gasteiger partial charge is 0.408 e. The lowest BCUT2D eigenvalue weighted by Gasteiger charge is -2.32. The third-order valence-corrected chi connectivity index (χ3v) is 4.05. The van der Waals surface area contributed by atoms with Gasteiger partial charge in [0.15, 0.2) is 5.58 Å². The van der Waals surface area contributed by atoms with E-state index in [4.69, 9.17) is 4.42 Å². The van der Waals surface area contributed by atoms with Crippen LogP contribution in [0.15, 0.2) is 33.5 Å². The molecular weight excluding hydrogens is 313 g/mol. The number of hydrogen-bond acceptors (Lipinski definition) is 4. The molecule has 1 saturated heterocycles. The molecule has 1 aromatic heterocycles. The van der Waals surface area contributed by atoms with Crippen molar-refractivity contribution in [1.29, 1.82) is 0 Å². The first-order valence-corrected chi connectivity index (χ1v) is 7.48. The van der Waals surface area contributed by atoms with Crippen LogP contribution in [0.3, 0.4) is 0 Å². The number of nitrogens with zero attached hydrogens (tertiary/aromatic N) is 2. The highest BCUT2D eigenvalue weighted by molar-refractivity contribution is 5.72. The summed E-state index contributed by atoms with van der Waals surface area (Å²) in [6.07, 6.45) is -4.68. The molecule has 5 nitrogen and oxygen atoms in total. The van der Waals surface area contributed by atoms with Gasteiger partial charge in [-0.25, -0.2) is 4.79 Å². The van der Waals surface area contributed by atoms with Crippen molar-refractivity contribution in [2.45, 2.75) is 31.9 Å². The Morgan fingerprint density at radius 1 is 1.17 bits per heavy atom. The summed E-state index contributed by atoms with van der Waals surface area (Å²) in [5, 5.41) is 0. The number of likely N-dealkylation sites (tertiary alicyclic amines) is 1. The van der Waals surface area contributed by atoms with Crippen molar-refractivity contribution in [3.05, 3.63) is 34.8 Å². The highest BCUT2D eigenvalue weighted by Gasteiger charge is 2.34. The molecule has 23 heavy (non-hydrogen) atoms. The zero-order valence-electron chi connectivity index (χ0n) is 12.4. The molecule has 3 rings (SSSR count). The summed E-state index contributed by atoms with van der Waals surface area (Å²) < 4.78 is 47.3. The molecule has 0 amide bonds. The van der Waals surface area contributed by atoms with Gasteiger partial charge in [0.1, 0.15) is 0 Å². The van der Waals surface area contributed by atoms with Crippen molar-refractivity contribution in [2.24, 2.45) is 0 Å². The predicted octanol–water partition coefficient (Wildman–Crippen LogP) is 2.60. The van der Waals surface area contributed by atoms with Crippen LogP contribution in [-0.2, 0) is 11.3 Å². The lowest BCUT2D eigenvalue weighted by molar-refractivity contribution is -0.345. The number of piperidine rings is 1. The minimum Gasteiger partial charge on any atom is -0.408 e. The van der Waals surface area contributed by atoms with E-state index >= 15 is 0 Å². The molecule has 1 aliphatic heterocycles. The van der Waals surface area contributed by atoms with E-state index < -0.39 is 18.2 Å². The van der Waals surface area contributed by atoms with Gasteiger partial charge >= 0.3 is 12.1 Å². The van der Waals surface area contributed by atoms with E-state index in [0.29, 0.717) is 44.6 Å². The zero-order chi connectivity index (χ0) is 16.4. The molecule has 2 heterocycles. The van der Waals surface area contributed by atoms with Gasteiger partial charge in [0.05, 0.1) is 11.6 Å². The number of fused-ring (bicyclic) bond motifs is 1. The maximum atomic E-state index is 12.2. The average molecular weight is 330 g/mol. The molecule has 0 spiro atoms. The molecule has 1 fully saturated rings. The van der Waals surface area contributed by atoms with Crippen LogP contribution in [0.1, 0.15) is 12.8 Å². The molecule has 0 aliphatic carbocycles. The summed E-state index contributed by atoms with van der Waals surface area (Å²) in [6, 6.07) is 7.16. The van der Waals surface area contributed by atoms with E-state index in [2.05, 4.69) is 4.74 Å². The largest absolute Gasteiger partial charge is 0.522 e. The topological polar surface area (TPSA) is 47.6 Å². The van der Waals surface area contributed by atoms with E-state index in [1.165, 1.54) is 0 Å². The number of oxazole rings is 1. The van der Waals surface area contributed by atoms with E-state index in [9.17, 15) is 18.0 Å².